The number of benzene rings is 2. The van der Waals surface area contributed by atoms with Crippen LogP contribution < -0.4 is 30.2 Å². The largest absolute Gasteiger partial charge is 0.490 e. The first-order chi connectivity index (χ1) is 22.4. The van der Waals surface area contributed by atoms with Crippen LogP contribution >= 0.6 is 0 Å². The Morgan fingerprint density at radius 3 is 2.38 bits per heavy atom. The maximum Gasteiger partial charge on any atom is 0.323 e. The van der Waals surface area contributed by atoms with E-state index in [4.69, 9.17) is 18.9 Å². The second-order valence-electron chi connectivity index (χ2n) is 12.6. The zero-order valence-electron chi connectivity index (χ0n) is 28.2. The average Bonchev–Trinajstić information content (AvgIpc) is 3.50. The summed E-state index contributed by atoms with van der Waals surface area (Å²) in [5, 5.41) is 18.7. The standard InChI is InChI=1S/C34H49N5O8/c1-21(2)35-34(43)38(6)18-31-22(3)17-39(23(4)19-40)32(41)27-15-25(10-12-28(27)47-24(5)9-7-8-14-44-31)36-33(42)37-26-11-13-29-30(16-26)46-20-45-29/h10-13,15-16,21-24,31,40H,7-9,14,17-20H2,1-6H3,(H,35,43)(H2,36,37,42)/t22-,23+,24-,31-/m1/s1. The fourth-order valence-corrected chi connectivity index (χ4v) is 5.44. The van der Waals surface area contributed by atoms with Gasteiger partial charge < -0.3 is 49.8 Å². The van der Waals surface area contributed by atoms with Gasteiger partial charge in [0.2, 0.25) is 6.79 Å². The van der Waals surface area contributed by atoms with E-state index < -0.39 is 12.1 Å². The third-order valence-corrected chi connectivity index (χ3v) is 8.15. The van der Waals surface area contributed by atoms with Gasteiger partial charge in [-0.1, -0.05) is 6.92 Å². The summed E-state index contributed by atoms with van der Waals surface area (Å²) in [6, 6.07) is 8.81. The smallest absolute Gasteiger partial charge is 0.323 e. The van der Waals surface area contributed by atoms with Crippen LogP contribution in [0.1, 0.15) is 64.2 Å². The van der Waals surface area contributed by atoms with Gasteiger partial charge in [-0.15, -0.1) is 0 Å². The predicted molar refractivity (Wildman–Crippen MR) is 178 cm³/mol. The van der Waals surface area contributed by atoms with Crippen LogP contribution in [-0.4, -0.2) is 97.3 Å². The molecule has 5 amide bonds. The fraction of sp³-hybridized carbons (Fsp3) is 0.559. The van der Waals surface area contributed by atoms with Crippen molar-refractivity contribution < 1.29 is 38.4 Å². The highest BCUT2D eigenvalue weighted by molar-refractivity contribution is 6.02. The molecule has 2 aliphatic rings. The van der Waals surface area contributed by atoms with Crippen LogP contribution in [0, 0.1) is 5.92 Å². The van der Waals surface area contributed by atoms with Crippen molar-refractivity contribution in [3.8, 4) is 17.2 Å². The number of likely N-dealkylation sites (N-methyl/N-ethyl adjacent to an activating group) is 1. The van der Waals surface area contributed by atoms with Crippen molar-refractivity contribution in [2.45, 2.75) is 78.2 Å². The molecule has 0 aliphatic carbocycles. The molecule has 0 spiro atoms. The summed E-state index contributed by atoms with van der Waals surface area (Å²) in [5.41, 5.74) is 1.16. The van der Waals surface area contributed by atoms with Crippen molar-refractivity contribution in [2.24, 2.45) is 5.92 Å². The van der Waals surface area contributed by atoms with E-state index in [0.29, 0.717) is 41.8 Å². The highest BCUT2D eigenvalue weighted by atomic mass is 16.7. The van der Waals surface area contributed by atoms with Gasteiger partial charge in [0.05, 0.1) is 30.4 Å². The van der Waals surface area contributed by atoms with Crippen LogP contribution in [0.4, 0.5) is 21.0 Å². The lowest BCUT2D eigenvalue weighted by Crippen LogP contribution is -2.49. The van der Waals surface area contributed by atoms with Crippen molar-refractivity contribution in [1.29, 1.82) is 0 Å². The third kappa shape index (κ3) is 9.88. The Bertz CT molecular complexity index is 1390. The van der Waals surface area contributed by atoms with Gasteiger partial charge in [0.1, 0.15) is 5.75 Å². The number of rotatable bonds is 7. The van der Waals surface area contributed by atoms with Crippen molar-refractivity contribution in [3.05, 3.63) is 42.0 Å². The number of nitrogens with zero attached hydrogens (tertiary/aromatic N) is 2. The average molecular weight is 656 g/mol. The van der Waals surface area contributed by atoms with E-state index >= 15 is 0 Å². The molecule has 13 nitrogen and oxygen atoms in total. The Morgan fingerprint density at radius 1 is 1.00 bits per heavy atom. The van der Waals surface area contributed by atoms with Crippen molar-refractivity contribution in [1.82, 2.24) is 15.1 Å². The molecule has 2 aliphatic heterocycles. The van der Waals surface area contributed by atoms with Gasteiger partial charge in [-0.25, -0.2) is 9.59 Å². The van der Waals surface area contributed by atoms with E-state index in [1.807, 2.05) is 27.7 Å². The van der Waals surface area contributed by atoms with Crippen LogP contribution in [0.15, 0.2) is 36.4 Å². The molecule has 4 rings (SSSR count). The minimum absolute atomic E-state index is 0.00999. The summed E-state index contributed by atoms with van der Waals surface area (Å²) in [5.74, 6) is 0.982. The molecule has 0 bridgehead atoms. The summed E-state index contributed by atoms with van der Waals surface area (Å²) < 4.78 is 23.3. The van der Waals surface area contributed by atoms with Gasteiger partial charge in [-0.05, 0) is 77.3 Å². The molecule has 0 fully saturated rings. The van der Waals surface area contributed by atoms with Gasteiger partial charge in [-0.3, -0.25) is 4.79 Å². The lowest BCUT2D eigenvalue weighted by Gasteiger charge is -2.36. The molecule has 258 valence electrons. The SMILES string of the molecule is CC(C)NC(=O)N(C)C[C@H]1OCCCC[C@@H](C)Oc2ccc(NC(=O)Nc3ccc4c(c3)OCO4)cc2C(=O)N([C@@H](C)CO)C[C@H]1C. The molecular formula is C34H49N5O8. The molecule has 47 heavy (non-hydrogen) atoms. The van der Waals surface area contributed by atoms with Crippen LogP contribution in [0.2, 0.25) is 0 Å². The number of carbonyl (C=O) groups excluding carboxylic acids is 3. The fourth-order valence-electron chi connectivity index (χ4n) is 5.44. The number of ether oxygens (including phenoxy) is 4. The number of aliphatic hydroxyl groups excluding tert-OH is 1. The third-order valence-electron chi connectivity index (χ3n) is 8.15. The van der Waals surface area contributed by atoms with Crippen molar-refractivity contribution >= 4 is 29.3 Å². The summed E-state index contributed by atoms with van der Waals surface area (Å²) in [6.45, 7) is 10.5. The minimum Gasteiger partial charge on any atom is -0.490 e. The summed E-state index contributed by atoms with van der Waals surface area (Å²) >= 11 is 0. The first-order valence-corrected chi connectivity index (χ1v) is 16.3. The molecule has 4 atom stereocenters. The number of nitrogens with one attached hydrogen (secondary N) is 3. The summed E-state index contributed by atoms with van der Waals surface area (Å²) in [4.78, 5) is 43.2. The van der Waals surface area contributed by atoms with E-state index in [0.717, 1.165) is 19.3 Å². The number of amides is 5. The Hall–Kier alpha value is -4.23. The maximum absolute atomic E-state index is 14.3. The van der Waals surface area contributed by atoms with Crippen LogP contribution in [0.25, 0.3) is 0 Å². The Morgan fingerprint density at radius 2 is 1.68 bits per heavy atom. The van der Waals surface area contributed by atoms with Gasteiger partial charge >= 0.3 is 12.1 Å². The van der Waals surface area contributed by atoms with E-state index in [9.17, 15) is 19.5 Å². The second kappa shape index (κ2) is 16.6. The van der Waals surface area contributed by atoms with Crippen LogP contribution in [0.5, 0.6) is 17.2 Å². The number of hydrogen-bond donors (Lipinski definition) is 4. The monoisotopic (exact) mass is 655 g/mol. The Balaban J connectivity index is 1.58. The maximum atomic E-state index is 14.3. The van der Waals surface area contributed by atoms with E-state index in [-0.39, 0.29) is 61.6 Å². The second-order valence-corrected chi connectivity index (χ2v) is 12.6. The highest BCUT2D eigenvalue weighted by Gasteiger charge is 2.31. The zero-order chi connectivity index (χ0) is 34.1. The van der Waals surface area contributed by atoms with Crippen LogP contribution in [-0.2, 0) is 4.74 Å². The number of carbonyl (C=O) groups is 3. The molecule has 0 unspecified atom stereocenters. The van der Waals surface area contributed by atoms with Crippen molar-refractivity contribution in [3.63, 3.8) is 0 Å². The van der Waals surface area contributed by atoms with E-state index in [1.165, 1.54) is 0 Å². The Kier molecular flexibility index (Phi) is 12.5. The van der Waals surface area contributed by atoms with E-state index in [1.54, 1.807) is 60.2 Å². The van der Waals surface area contributed by atoms with Gasteiger partial charge in [0.15, 0.2) is 11.5 Å². The molecule has 0 radical (unpaired) electrons. The number of urea groups is 2. The number of fused-ring (bicyclic) bond motifs is 2. The molecule has 2 aromatic carbocycles. The quantitative estimate of drug-likeness (QED) is 0.329. The Labute approximate surface area is 276 Å². The lowest BCUT2D eigenvalue weighted by atomic mass is 10.0. The number of aliphatic hydroxyl groups is 1. The molecule has 0 saturated carbocycles. The lowest BCUT2D eigenvalue weighted by molar-refractivity contribution is -0.0122. The van der Waals surface area contributed by atoms with Gasteiger partial charge in [-0.2, -0.15) is 0 Å². The summed E-state index contributed by atoms with van der Waals surface area (Å²) in [7, 11) is 1.73. The first-order valence-electron chi connectivity index (χ1n) is 16.3. The van der Waals surface area contributed by atoms with Gasteiger partial charge in [0, 0.05) is 56.1 Å². The topological polar surface area (TPSA) is 151 Å². The zero-order valence-corrected chi connectivity index (χ0v) is 28.2. The molecule has 2 heterocycles. The molecular weight excluding hydrogens is 606 g/mol. The predicted octanol–water partition coefficient (Wildman–Crippen LogP) is 4.90. The van der Waals surface area contributed by atoms with Gasteiger partial charge in [0.25, 0.3) is 5.91 Å². The van der Waals surface area contributed by atoms with E-state index in [2.05, 4.69) is 16.0 Å². The number of anilines is 2. The molecule has 2 aromatic rings. The number of hydrogen-bond acceptors (Lipinski definition) is 8. The molecule has 0 aromatic heterocycles. The van der Waals surface area contributed by atoms with Crippen molar-refractivity contribution in [2.75, 3.05) is 50.8 Å². The molecule has 4 N–H and O–H groups in total. The highest BCUT2D eigenvalue weighted by Crippen LogP contribution is 2.34. The normalized spacial score (nSPS) is 20.8. The van der Waals surface area contributed by atoms with Crippen LogP contribution in [0.3, 0.4) is 0 Å². The minimum atomic E-state index is -0.531. The molecule has 0 saturated heterocycles. The molecule has 13 heteroatoms. The first kappa shape index (κ1) is 35.6. The summed E-state index contributed by atoms with van der Waals surface area (Å²) in [6.07, 6.45) is 1.85.